The monoisotopic (exact) mass is 487 g/mol. The molecule has 2 aromatic carbocycles. The van der Waals surface area contributed by atoms with E-state index in [1.54, 1.807) is 13.0 Å². The third kappa shape index (κ3) is 7.06. The zero-order chi connectivity index (χ0) is 25.6. The van der Waals surface area contributed by atoms with E-state index >= 15 is 0 Å². The van der Waals surface area contributed by atoms with Gasteiger partial charge in [0.05, 0.1) is 11.9 Å². The number of anilines is 1. The molecule has 2 amide bonds. The molecule has 0 saturated heterocycles. The van der Waals surface area contributed by atoms with Crippen molar-refractivity contribution in [2.45, 2.75) is 66.6 Å². The molecule has 0 aliphatic rings. The maximum absolute atomic E-state index is 13.6. The highest BCUT2D eigenvalue weighted by Crippen LogP contribution is 2.24. The Labute approximate surface area is 204 Å². The minimum atomic E-state index is -3.75. The number of carbonyl (C=O) groups is 2. The van der Waals surface area contributed by atoms with Gasteiger partial charge in [-0.25, -0.2) is 8.42 Å². The van der Waals surface area contributed by atoms with Crippen molar-refractivity contribution < 1.29 is 18.0 Å². The molecule has 0 unspecified atom stereocenters. The molecular formula is C26H37N3O4S. The number of nitrogens with zero attached hydrogens (tertiary/aromatic N) is 2. The van der Waals surface area contributed by atoms with Gasteiger partial charge in [-0.05, 0) is 63.8 Å². The van der Waals surface area contributed by atoms with Crippen LogP contribution in [0.15, 0.2) is 42.5 Å². The predicted molar refractivity (Wildman–Crippen MR) is 137 cm³/mol. The number of amides is 2. The highest BCUT2D eigenvalue weighted by Gasteiger charge is 2.31. The molecule has 0 bridgehead atoms. The normalized spacial score (nSPS) is 13.1. The summed E-state index contributed by atoms with van der Waals surface area (Å²) in [4.78, 5) is 28.0. The van der Waals surface area contributed by atoms with Crippen molar-refractivity contribution >= 4 is 27.5 Å². The highest BCUT2D eigenvalue weighted by atomic mass is 32.2. The zero-order valence-corrected chi connectivity index (χ0v) is 22.1. The maximum Gasteiger partial charge on any atom is 0.244 e. The Kier molecular flexibility index (Phi) is 9.27. The molecule has 0 aromatic heterocycles. The standard InChI is InChI=1S/C26H37N3O4S/c1-8-21(5)27-26(31)22(6)28(16-23-12-10-9-11-19(23)3)25(30)17-29(34(7,32)33)24-14-13-18(2)15-20(24)4/h9-15,21-22H,8,16-17H2,1-7H3,(H,27,31)/t21-,22+/m0/s1. The number of benzene rings is 2. The molecule has 0 heterocycles. The number of carbonyl (C=O) groups excluding carboxylic acids is 2. The summed E-state index contributed by atoms with van der Waals surface area (Å²) in [5.74, 6) is -0.714. The van der Waals surface area contributed by atoms with Gasteiger partial charge in [-0.15, -0.1) is 0 Å². The fraction of sp³-hybridized carbons (Fsp3) is 0.462. The van der Waals surface area contributed by atoms with Gasteiger partial charge in [-0.1, -0.05) is 48.9 Å². The van der Waals surface area contributed by atoms with Gasteiger partial charge < -0.3 is 10.2 Å². The Hall–Kier alpha value is -2.87. The van der Waals surface area contributed by atoms with Crippen LogP contribution >= 0.6 is 0 Å². The second-order valence-electron chi connectivity index (χ2n) is 9.00. The molecule has 2 rings (SSSR count). The lowest BCUT2D eigenvalue weighted by molar-refractivity contribution is -0.139. The van der Waals surface area contributed by atoms with E-state index in [-0.39, 0.29) is 18.5 Å². The van der Waals surface area contributed by atoms with Crippen LogP contribution in [0.5, 0.6) is 0 Å². The molecule has 0 fully saturated rings. The minimum absolute atomic E-state index is 0.0342. The first-order valence-corrected chi connectivity index (χ1v) is 13.4. The zero-order valence-electron chi connectivity index (χ0n) is 21.3. The average molecular weight is 488 g/mol. The summed E-state index contributed by atoms with van der Waals surface area (Å²) in [5, 5.41) is 2.93. The van der Waals surface area contributed by atoms with Crippen molar-refractivity contribution in [1.82, 2.24) is 10.2 Å². The van der Waals surface area contributed by atoms with E-state index in [2.05, 4.69) is 5.32 Å². The number of hydrogen-bond acceptors (Lipinski definition) is 4. The number of sulfonamides is 1. The third-order valence-electron chi connectivity index (χ3n) is 6.07. The van der Waals surface area contributed by atoms with Crippen LogP contribution in [-0.4, -0.2) is 50.0 Å². The van der Waals surface area contributed by atoms with Gasteiger partial charge in [-0.2, -0.15) is 0 Å². The van der Waals surface area contributed by atoms with Crippen molar-refractivity contribution in [1.29, 1.82) is 0 Å². The second kappa shape index (κ2) is 11.5. The van der Waals surface area contributed by atoms with Gasteiger partial charge >= 0.3 is 0 Å². The van der Waals surface area contributed by atoms with E-state index in [1.807, 2.05) is 71.0 Å². The summed E-state index contributed by atoms with van der Waals surface area (Å²) in [6, 6.07) is 12.2. The second-order valence-corrected chi connectivity index (χ2v) is 10.9. The van der Waals surface area contributed by atoms with E-state index < -0.39 is 28.5 Å². The first kappa shape index (κ1) is 27.4. The van der Waals surface area contributed by atoms with Crippen molar-refractivity contribution in [3.8, 4) is 0 Å². The third-order valence-corrected chi connectivity index (χ3v) is 7.20. The summed E-state index contributed by atoms with van der Waals surface area (Å²) < 4.78 is 26.5. The quantitative estimate of drug-likeness (QED) is 0.554. The van der Waals surface area contributed by atoms with Gasteiger partial charge in [-0.3, -0.25) is 13.9 Å². The van der Waals surface area contributed by atoms with Crippen LogP contribution < -0.4 is 9.62 Å². The van der Waals surface area contributed by atoms with Crippen LogP contribution in [0.1, 0.15) is 49.4 Å². The Balaban J connectivity index is 2.43. The van der Waals surface area contributed by atoms with Crippen LogP contribution in [0, 0.1) is 20.8 Å². The van der Waals surface area contributed by atoms with Crippen molar-refractivity contribution in [2.75, 3.05) is 17.1 Å². The Morgan fingerprint density at radius 1 is 1.00 bits per heavy atom. The van der Waals surface area contributed by atoms with Gasteiger partial charge in [0.1, 0.15) is 12.6 Å². The lowest BCUT2D eigenvalue weighted by atomic mass is 10.1. The van der Waals surface area contributed by atoms with E-state index in [1.165, 1.54) is 4.90 Å². The predicted octanol–water partition coefficient (Wildman–Crippen LogP) is 3.71. The molecule has 34 heavy (non-hydrogen) atoms. The van der Waals surface area contributed by atoms with Crippen molar-refractivity contribution in [3.63, 3.8) is 0 Å². The number of aryl methyl sites for hydroxylation is 3. The van der Waals surface area contributed by atoms with Crippen LogP contribution in [0.4, 0.5) is 5.69 Å². The van der Waals surface area contributed by atoms with E-state index in [0.717, 1.165) is 39.2 Å². The molecule has 0 spiro atoms. The molecule has 0 aliphatic carbocycles. The van der Waals surface area contributed by atoms with Crippen LogP contribution in [0.3, 0.4) is 0 Å². The largest absolute Gasteiger partial charge is 0.352 e. The highest BCUT2D eigenvalue weighted by molar-refractivity contribution is 7.92. The molecule has 0 saturated carbocycles. The SMILES string of the molecule is CC[C@H](C)NC(=O)[C@@H](C)N(Cc1ccccc1C)C(=O)CN(c1ccc(C)cc1C)S(C)(=O)=O. The molecular weight excluding hydrogens is 450 g/mol. The fourth-order valence-electron chi connectivity index (χ4n) is 3.70. The van der Waals surface area contributed by atoms with Crippen molar-refractivity contribution in [2.24, 2.45) is 0 Å². The minimum Gasteiger partial charge on any atom is -0.352 e. The number of nitrogens with one attached hydrogen (secondary N) is 1. The summed E-state index contributed by atoms with van der Waals surface area (Å²) in [7, 11) is -3.75. The first-order chi connectivity index (χ1) is 15.8. The fourth-order valence-corrected chi connectivity index (χ4v) is 4.61. The van der Waals surface area contributed by atoms with E-state index in [4.69, 9.17) is 0 Å². The van der Waals surface area contributed by atoms with Crippen LogP contribution in [0.25, 0.3) is 0 Å². The van der Waals surface area contributed by atoms with Gasteiger partial charge in [0.25, 0.3) is 0 Å². The van der Waals surface area contributed by atoms with Gasteiger partial charge in [0.2, 0.25) is 21.8 Å². The Bertz CT molecular complexity index is 1130. The van der Waals surface area contributed by atoms with E-state index in [9.17, 15) is 18.0 Å². The summed E-state index contributed by atoms with van der Waals surface area (Å²) in [5.41, 5.74) is 4.10. The van der Waals surface area contributed by atoms with E-state index in [0.29, 0.717) is 5.69 Å². The molecule has 0 aliphatic heterocycles. The van der Waals surface area contributed by atoms with Crippen molar-refractivity contribution in [3.05, 3.63) is 64.7 Å². The molecule has 7 nitrogen and oxygen atoms in total. The summed E-state index contributed by atoms with van der Waals surface area (Å²) >= 11 is 0. The molecule has 8 heteroatoms. The van der Waals surface area contributed by atoms with Gasteiger partial charge in [0.15, 0.2) is 0 Å². The first-order valence-electron chi connectivity index (χ1n) is 11.5. The number of hydrogen-bond donors (Lipinski definition) is 1. The summed E-state index contributed by atoms with van der Waals surface area (Å²) in [6.07, 6.45) is 1.85. The lowest BCUT2D eigenvalue weighted by Gasteiger charge is -2.32. The van der Waals surface area contributed by atoms with Crippen LogP contribution in [0.2, 0.25) is 0 Å². The number of rotatable bonds is 10. The van der Waals surface area contributed by atoms with Gasteiger partial charge in [0, 0.05) is 12.6 Å². The molecule has 1 N–H and O–H groups in total. The molecule has 186 valence electrons. The molecule has 2 atom stereocenters. The lowest BCUT2D eigenvalue weighted by Crippen LogP contribution is -2.52. The topological polar surface area (TPSA) is 86.8 Å². The summed E-state index contributed by atoms with van der Waals surface area (Å²) in [6.45, 7) is 11.0. The Morgan fingerprint density at radius 2 is 1.65 bits per heavy atom. The van der Waals surface area contributed by atoms with Crippen LogP contribution in [-0.2, 0) is 26.2 Å². The smallest absolute Gasteiger partial charge is 0.244 e. The average Bonchev–Trinajstić information content (AvgIpc) is 2.76. The maximum atomic E-state index is 13.6. The Morgan fingerprint density at radius 3 is 2.21 bits per heavy atom. The molecule has 0 radical (unpaired) electrons. The molecule has 2 aromatic rings.